The van der Waals surface area contributed by atoms with Crippen LogP contribution in [0.4, 0.5) is 0 Å². The Labute approximate surface area is 98.3 Å². The van der Waals surface area contributed by atoms with Gasteiger partial charge in [-0.1, -0.05) is 0 Å². The number of rotatable bonds is 5. The van der Waals surface area contributed by atoms with Gasteiger partial charge in [0.05, 0.1) is 24.9 Å². The molecule has 2 unspecified atom stereocenters. The first kappa shape index (κ1) is 13.9. The highest BCUT2D eigenvalue weighted by Gasteiger charge is 2.29. The minimum Gasteiger partial charge on any atom is -0.389 e. The van der Waals surface area contributed by atoms with E-state index < -0.39 is 6.10 Å². The first-order valence-electron chi connectivity index (χ1n) is 5.96. The highest BCUT2D eigenvalue weighted by Crippen LogP contribution is 2.17. The van der Waals surface area contributed by atoms with Gasteiger partial charge in [0.25, 0.3) is 0 Å². The molecule has 0 aliphatic carbocycles. The molecule has 1 aliphatic rings. The van der Waals surface area contributed by atoms with Crippen LogP contribution in [0.2, 0.25) is 0 Å². The Kier molecular flexibility index (Phi) is 4.73. The summed E-state index contributed by atoms with van der Waals surface area (Å²) < 4.78 is 10.8. The van der Waals surface area contributed by atoms with E-state index in [0.717, 1.165) is 19.6 Å². The van der Waals surface area contributed by atoms with Gasteiger partial charge in [0.1, 0.15) is 0 Å². The lowest BCUT2D eigenvalue weighted by molar-refractivity contribution is -0.0493. The first-order valence-corrected chi connectivity index (χ1v) is 5.96. The summed E-state index contributed by atoms with van der Waals surface area (Å²) in [6.07, 6.45) is 0.538. The fourth-order valence-electron chi connectivity index (χ4n) is 1.58. The Hall–Kier alpha value is -0.160. The smallest absolute Gasteiger partial charge is 0.0898 e. The summed E-state index contributed by atoms with van der Waals surface area (Å²) in [4.78, 5) is 0. The Bertz CT molecular complexity index is 207. The van der Waals surface area contributed by atoms with Crippen molar-refractivity contribution in [3.05, 3.63) is 0 Å². The van der Waals surface area contributed by atoms with Gasteiger partial charge in [0.15, 0.2) is 0 Å². The lowest BCUT2D eigenvalue weighted by Crippen LogP contribution is -2.47. The van der Waals surface area contributed by atoms with Crippen LogP contribution >= 0.6 is 0 Å². The molecular formula is C12H25NO3. The summed E-state index contributed by atoms with van der Waals surface area (Å²) in [5.41, 5.74) is -0.177. The summed E-state index contributed by atoms with van der Waals surface area (Å²) in [6, 6.07) is 0. The first-order chi connectivity index (χ1) is 7.31. The molecule has 4 nitrogen and oxygen atoms in total. The second-order valence-electron chi connectivity index (χ2n) is 5.82. The van der Waals surface area contributed by atoms with Crippen LogP contribution in [0.1, 0.15) is 34.1 Å². The number of β-amino-alcohol motifs (C(OH)–C–C–N with tert-alkyl or cyclic N) is 1. The third kappa shape index (κ3) is 5.25. The van der Waals surface area contributed by atoms with E-state index in [4.69, 9.17) is 9.47 Å². The van der Waals surface area contributed by atoms with Crippen molar-refractivity contribution < 1.29 is 14.6 Å². The highest BCUT2D eigenvalue weighted by atomic mass is 16.5. The van der Waals surface area contributed by atoms with Gasteiger partial charge in [0.2, 0.25) is 0 Å². The zero-order valence-electron chi connectivity index (χ0n) is 10.9. The third-order valence-electron chi connectivity index (χ3n) is 2.69. The Morgan fingerprint density at radius 2 is 2.19 bits per heavy atom. The van der Waals surface area contributed by atoms with Crippen LogP contribution in [0, 0.1) is 0 Å². The van der Waals surface area contributed by atoms with Gasteiger partial charge in [-0.15, -0.1) is 0 Å². The fraction of sp³-hybridized carbons (Fsp3) is 1.00. The van der Waals surface area contributed by atoms with Gasteiger partial charge in [-0.05, 0) is 34.1 Å². The minimum atomic E-state index is -0.461. The van der Waals surface area contributed by atoms with Crippen molar-refractivity contribution in [1.29, 1.82) is 0 Å². The summed E-state index contributed by atoms with van der Waals surface area (Å²) in [5.74, 6) is 0. The van der Waals surface area contributed by atoms with Crippen LogP contribution in [0.5, 0.6) is 0 Å². The average molecular weight is 231 g/mol. The lowest BCUT2D eigenvalue weighted by Gasteiger charge is -2.27. The molecule has 0 bridgehead atoms. The van der Waals surface area contributed by atoms with E-state index in [1.807, 2.05) is 20.8 Å². The molecule has 1 saturated heterocycles. The number of nitrogens with one attached hydrogen (secondary N) is 1. The second-order valence-corrected chi connectivity index (χ2v) is 5.82. The number of aliphatic hydroxyl groups is 1. The van der Waals surface area contributed by atoms with Crippen molar-refractivity contribution in [2.24, 2.45) is 0 Å². The molecule has 0 radical (unpaired) electrons. The van der Waals surface area contributed by atoms with Crippen LogP contribution < -0.4 is 5.32 Å². The van der Waals surface area contributed by atoms with E-state index >= 15 is 0 Å². The van der Waals surface area contributed by atoms with Gasteiger partial charge in [-0.2, -0.15) is 0 Å². The standard InChI is InChI=1S/C12H25NO3/c1-11(2,3)16-8-10(14)7-13-12(4)5-6-15-9-12/h10,13-14H,5-9H2,1-4H3. The highest BCUT2D eigenvalue weighted by molar-refractivity contribution is 4.87. The van der Waals surface area contributed by atoms with E-state index in [0.29, 0.717) is 13.2 Å². The Balaban J connectivity index is 2.17. The van der Waals surface area contributed by atoms with Crippen molar-refractivity contribution >= 4 is 0 Å². The van der Waals surface area contributed by atoms with Gasteiger partial charge in [-0.3, -0.25) is 0 Å². The maximum Gasteiger partial charge on any atom is 0.0898 e. The number of ether oxygens (including phenoxy) is 2. The summed E-state index contributed by atoms with van der Waals surface area (Å²) >= 11 is 0. The van der Waals surface area contributed by atoms with Crippen LogP contribution in [-0.4, -0.2) is 48.7 Å². The molecule has 0 amide bonds. The van der Waals surface area contributed by atoms with Gasteiger partial charge in [0, 0.05) is 18.7 Å². The van der Waals surface area contributed by atoms with E-state index in [1.165, 1.54) is 0 Å². The number of hydrogen-bond acceptors (Lipinski definition) is 4. The molecule has 0 aromatic carbocycles. The Morgan fingerprint density at radius 1 is 1.50 bits per heavy atom. The molecule has 1 aliphatic heterocycles. The van der Waals surface area contributed by atoms with Crippen LogP contribution in [-0.2, 0) is 9.47 Å². The van der Waals surface area contributed by atoms with E-state index in [2.05, 4.69) is 12.2 Å². The predicted molar refractivity (Wildman–Crippen MR) is 63.6 cm³/mol. The van der Waals surface area contributed by atoms with Crippen LogP contribution in [0.15, 0.2) is 0 Å². The van der Waals surface area contributed by atoms with Crippen molar-refractivity contribution in [1.82, 2.24) is 5.32 Å². The molecule has 1 heterocycles. The molecule has 0 aromatic heterocycles. The molecule has 1 rings (SSSR count). The van der Waals surface area contributed by atoms with Gasteiger partial charge < -0.3 is 19.9 Å². The summed E-state index contributed by atoms with van der Waals surface area (Å²) in [7, 11) is 0. The van der Waals surface area contributed by atoms with Crippen molar-refractivity contribution in [2.75, 3.05) is 26.4 Å². The minimum absolute atomic E-state index is 0.0166. The average Bonchev–Trinajstić information content (AvgIpc) is 2.59. The molecule has 2 atom stereocenters. The molecule has 0 spiro atoms. The molecule has 1 fully saturated rings. The summed E-state index contributed by atoms with van der Waals surface area (Å²) in [6.45, 7) is 10.5. The molecule has 0 aromatic rings. The van der Waals surface area contributed by atoms with Crippen LogP contribution in [0.3, 0.4) is 0 Å². The van der Waals surface area contributed by atoms with Gasteiger partial charge in [-0.25, -0.2) is 0 Å². The molecular weight excluding hydrogens is 206 g/mol. The predicted octanol–water partition coefficient (Wildman–Crippen LogP) is 0.931. The summed E-state index contributed by atoms with van der Waals surface area (Å²) in [5, 5.41) is 13.1. The van der Waals surface area contributed by atoms with Gasteiger partial charge >= 0.3 is 0 Å². The Morgan fingerprint density at radius 3 is 2.69 bits per heavy atom. The van der Waals surface area contributed by atoms with E-state index in [1.54, 1.807) is 0 Å². The maximum atomic E-state index is 9.76. The third-order valence-corrected chi connectivity index (χ3v) is 2.69. The zero-order chi connectivity index (χ0) is 12.2. The molecule has 96 valence electrons. The SMILES string of the molecule is CC1(NCC(O)COC(C)(C)C)CCOC1. The molecule has 0 saturated carbocycles. The van der Waals surface area contributed by atoms with Crippen molar-refractivity contribution in [2.45, 2.75) is 51.4 Å². The maximum absolute atomic E-state index is 9.76. The monoisotopic (exact) mass is 231 g/mol. The molecule has 2 N–H and O–H groups in total. The largest absolute Gasteiger partial charge is 0.389 e. The fourth-order valence-corrected chi connectivity index (χ4v) is 1.58. The lowest BCUT2D eigenvalue weighted by atomic mass is 10.0. The van der Waals surface area contributed by atoms with Crippen LogP contribution in [0.25, 0.3) is 0 Å². The normalized spacial score (nSPS) is 28.3. The van der Waals surface area contributed by atoms with Crippen molar-refractivity contribution in [3.63, 3.8) is 0 Å². The zero-order valence-corrected chi connectivity index (χ0v) is 10.9. The molecule has 16 heavy (non-hydrogen) atoms. The topological polar surface area (TPSA) is 50.7 Å². The number of hydrogen-bond donors (Lipinski definition) is 2. The second kappa shape index (κ2) is 5.45. The number of aliphatic hydroxyl groups excluding tert-OH is 1. The van der Waals surface area contributed by atoms with E-state index in [9.17, 15) is 5.11 Å². The quantitative estimate of drug-likeness (QED) is 0.739. The van der Waals surface area contributed by atoms with Crippen molar-refractivity contribution in [3.8, 4) is 0 Å². The molecule has 4 heteroatoms. The van der Waals surface area contributed by atoms with E-state index in [-0.39, 0.29) is 11.1 Å².